The average Bonchev–Trinajstić information content (AvgIpc) is 3.02. The molecule has 186 valence electrons. The number of likely N-dealkylation sites (N-methyl/N-ethyl adjacent to an activating group) is 1. The molecule has 1 aliphatic rings. The highest BCUT2D eigenvalue weighted by atomic mass is 16.5. The number of nitrogens with zero attached hydrogens (tertiary/aromatic N) is 1. The zero-order valence-corrected chi connectivity index (χ0v) is 21.3. The van der Waals surface area contributed by atoms with Gasteiger partial charge in [0.2, 0.25) is 0 Å². The molecule has 7 heteroatoms. The summed E-state index contributed by atoms with van der Waals surface area (Å²) in [5, 5.41) is 2.73. The summed E-state index contributed by atoms with van der Waals surface area (Å²) in [5.41, 5.74) is 2.99. The fourth-order valence-corrected chi connectivity index (χ4v) is 4.34. The van der Waals surface area contributed by atoms with Crippen molar-refractivity contribution in [2.24, 2.45) is 5.92 Å². The van der Waals surface area contributed by atoms with Gasteiger partial charge in [0.1, 0.15) is 11.8 Å². The van der Waals surface area contributed by atoms with Gasteiger partial charge in [-0.3, -0.25) is 9.59 Å². The van der Waals surface area contributed by atoms with Crippen molar-refractivity contribution >= 4 is 23.3 Å². The Balaban J connectivity index is 1.67. The number of ether oxygens (including phenoxy) is 2. The first-order chi connectivity index (χ1) is 16.6. The summed E-state index contributed by atoms with van der Waals surface area (Å²) < 4.78 is 10.9. The number of hydrogen-bond acceptors (Lipinski definition) is 6. The largest absolute Gasteiger partial charge is 0.493 e. The number of nitrogens with one attached hydrogen (secondary N) is 1. The van der Waals surface area contributed by atoms with E-state index in [0.29, 0.717) is 17.9 Å². The van der Waals surface area contributed by atoms with E-state index in [-0.39, 0.29) is 17.1 Å². The molecule has 1 heterocycles. The molecule has 7 nitrogen and oxygen atoms in total. The summed E-state index contributed by atoms with van der Waals surface area (Å²) in [5.74, 6) is -1.22. The van der Waals surface area contributed by atoms with Gasteiger partial charge in [-0.25, -0.2) is 4.79 Å². The first-order valence-electron chi connectivity index (χ1n) is 11.9. The van der Waals surface area contributed by atoms with Crippen LogP contribution in [0.5, 0.6) is 5.75 Å². The maximum absolute atomic E-state index is 12.9. The van der Waals surface area contributed by atoms with Crippen molar-refractivity contribution in [3.8, 4) is 5.75 Å². The molecule has 1 unspecified atom stereocenters. The number of carbonyl (C=O) groups is 3. The number of hydrogen-bond donors (Lipinski definition) is 1. The lowest BCUT2D eigenvalue weighted by molar-refractivity contribution is -0.150. The van der Waals surface area contributed by atoms with E-state index in [0.717, 1.165) is 16.9 Å². The van der Waals surface area contributed by atoms with Crippen molar-refractivity contribution < 1.29 is 23.9 Å². The van der Waals surface area contributed by atoms with Gasteiger partial charge in [-0.2, -0.15) is 0 Å². The fraction of sp³-hybridized carbons (Fsp3) is 0.393. The fourth-order valence-electron chi connectivity index (χ4n) is 4.34. The first-order valence-corrected chi connectivity index (χ1v) is 11.9. The lowest BCUT2D eigenvalue weighted by Crippen LogP contribution is -2.45. The average molecular weight is 479 g/mol. The van der Waals surface area contributed by atoms with Gasteiger partial charge in [-0.1, -0.05) is 58.0 Å². The Morgan fingerprint density at radius 3 is 2.37 bits per heavy atom. The van der Waals surface area contributed by atoms with Crippen LogP contribution in [-0.2, 0) is 19.7 Å². The smallest absolute Gasteiger partial charge is 0.329 e. The molecule has 3 rings (SSSR count). The van der Waals surface area contributed by atoms with Crippen molar-refractivity contribution in [2.45, 2.75) is 46.1 Å². The number of allylic oxidation sites excluding steroid dienone is 1. The van der Waals surface area contributed by atoms with Crippen LogP contribution in [0.1, 0.15) is 50.5 Å². The number of para-hydroxylation sites is 2. The number of benzene rings is 2. The summed E-state index contributed by atoms with van der Waals surface area (Å²) in [6.07, 6.45) is 1.54. The first kappa shape index (κ1) is 26.0. The maximum atomic E-state index is 12.9. The number of amides is 1. The van der Waals surface area contributed by atoms with Crippen LogP contribution in [0.15, 0.2) is 60.3 Å². The Hall–Kier alpha value is -3.61. The van der Waals surface area contributed by atoms with E-state index in [1.54, 1.807) is 38.1 Å². The second-order valence-electron chi connectivity index (χ2n) is 9.43. The Morgan fingerprint density at radius 1 is 1.06 bits per heavy atom. The van der Waals surface area contributed by atoms with Gasteiger partial charge in [0, 0.05) is 29.9 Å². The van der Waals surface area contributed by atoms with Gasteiger partial charge in [0.05, 0.1) is 12.2 Å². The number of rotatable bonds is 9. The van der Waals surface area contributed by atoms with Gasteiger partial charge < -0.3 is 19.7 Å². The molecule has 0 aromatic heterocycles. The minimum absolute atomic E-state index is 0.242. The van der Waals surface area contributed by atoms with Crippen LogP contribution < -0.4 is 15.0 Å². The summed E-state index contributed by atoms with van der Waals surface area (Å²) in [6, 6.07) is 13.9. The van der Waals surface area contributed by atoms with Crippen molar-refractivity contribution in [1.29, 1.82) is 0 Å². The summed E-state index contributed by atoms with van der Waals surface area (Å²) in [4.78, 5) is 40.4. The molecular weight excluding hydrogens is 444 g/mol. The quantitative estimate of drug-likeness (QED) is 0.428. The van der Waals surface area contributed by atoms with Crippen molar-refractivity contribution in [1.82, 2.24) is 5.32 Å². The van der Waals surface area contributed by atoms with Gasteiger partial charge in [-0.05, 0) is 36.6 Å². The van der Waals surface area contributed by atoms with Gasteiger partial charge in [0.25, 0.3) is 5.91 Å². The minimum Gasteiger partial charge on any atom is -0.493 e. The normalized spacial score (nSPS) is 16.1. The molecule has 35 heavy (non-hydrogen) atoms. The molecule has 0 bridgehead atoms. The van der Waals surface area contributed by atoms with Gasteiger partial charge in [0.15, 0.2) is 12.4 Å². The summed E-state index contributed by atoms with van der Waals surface area (Å²) in [6.45, 7) is 9.56. The lowest BCUT2D eigenvalue weighted by Gasteiger charge is -2.24. The van der Waals surface area contributed by atoms with E-state index < -0.39 is 24.5 Å². The zero-order valence-electron chi connectivity index (χ0n) is 21.3. The van der Waals surface area contributed by atoms with Crippen molar-refractivity contribution in [2.75, 3.05) is 25.2 Å². The van der Waals surface area contributed by atoms with E-state index >= 15 is 0 Å². The lowest BCUT2D eigenvalue weighted by atomic mass is 9.83. The molecule has 0 radical (unpaired) electrons. The third-order valence-corrected chi connectivity index (χ3v) is 6.23. The van der Waals surface area contributed by atoms with E-state index in [9.17, 15) is 14.4 Å². The Labute approximate surface area is 207 Å². The number of esters is 1. The van der Waals surface area contributed by atoms with E-state index in [4.69, 9.17) is 9.47 Å². The Bertz CT molecular complexity index is 1140. The van der Waals surface area contributed by atoms with Gasteiger partial charge in [-0.15, -0.1) is 0 Å². The molecule has 2 aromatic carbocycles. The molecule has 0 fully saturated rings. The highest BCUT2D eigenvalue weighted by molar-refractivity contribution is 5.99. The van der Waals surface area contributed by atoms with E-state index in [2.05, 4.69) is 25.2 Å². The topological polar surface area (TPSA) is 84.9 Å². The van der Waals surface area contributed by atoms with Gasteiger partial charge >= 0.3 is 5.97 Å². The van der Waals surface area contributed by atoms with Crippen molar-refractivity contribution in [3.05, 3.63) is 71.4 Å². The standard InChI is InChI=1S/C28H34N2O5/c1-7-34-23-15-11-8-12-20(23)26(32)29-25(18(2)3)27(33)35-17-19(31)16-24-28(4,5)21-13-9-10-14-22(21)30(24)6/h8-16,18,25H,7,17H2,1-6H3,(H,29,32). The zero-order chi connectivity index (χ0) is 25.8. The molecule has 2 aromatic rings. The van der Waals surface area contributed by atoms with Crippen molar-refractivity contribution in [3.63, 3.8) is 0 Å². The second kappa shape index (κ2) is 10.8. The van der Waals surface area contributed by atoms with Crippen LogP contribution in [0.2, 0.25) is 0 Å². The van der Waals surface area contributed by atoms with Crippen LogP contribution in [0.25, 0.3) is 0 Å². The summed E-state index contributed by atoms with van der Waals surface area (Å²) in [7, 11) is 1.92. The molecule has 0 spiro atoms. The maximum Gasteiger partial charge on any atom is 0.329 e. The minimum atomic E-state index is -0.910. The number of ketones is 1. The molecule has 1 aliphatic heterocycles. The predicted octanol–water partition coefficient (Wildman–Crippen LogP) is 4.26. The van der Waals surface area contributed by atoms with Crippen LogP contribution in [-0.4, -0.2) is 44.0 Å². The van der Waals surface area contributed by atoms with Crippen LogP contribution in [0.4, 0.5) is 5.69 Å². The third-order valence-electron chi connectivity index (χ3n) is 6.23. The third kappa shape index (κ3) is 5.56. The monoisotopic (exact) mass is 478 g/mol. The second-order valence-corrected chi connectivity index (χ2v) is 9.43. The molecular formula is C28H34N2O5. The molecule has 0 saturated carbocycles. The summed E-state index contributed by atoms with van der Waals surface area (Å²) >= 11 is 0. The SMILES string of the molecule is CCOc1ccccc1C(=O)NC(C(=O)OCC(=O)C=C1N(C)c2ccccc2C1(C)C)C(C)C. The molecule has 1 amide bonds. The van der Waals surface area contributed by atoms with E-state index in [1.165, 1.54) is 6.08 Å². The van der Waals surface area contributed by atoms with E-state index in [1.807, 2.05) is 37.1 Å². The number of fused-ring (bicyclic) bond motifs is 1. The molecule has 0 saturated heterocycles. The highest BCUT2D eigenvalue weighted by Crippen LogP contribution is 2.46. The number of anilines is 1. The Kier molecular flexibility index (Phi) is 7.99. The predicted molar refractivity (Wildman–Crippen MR) is 136 cm³/mol. The van der Waals surface area contributed by atoms with Crippen LogP contribution in [0, 0.1) is 5.92 Å². The van der Waals surface area contributed by atoms with Crippen LogP contribution in [0.3, 0.4) is 0 Å². The Morgan fingerprint density at radius 2 is 1.71 bits per heavy atom. The van der Waals surface area contributed by atoms with Crippen LogP contribution >= 0.6 is 0 Å². The number of carbonyl (C=O) groups excluding carboxylic acids is 3. The molecule has 0 aliphatic carbocycles. The molecule has 1 atom stereocenters. The molecule has 1 N–H and O–H groups in total. The highest BCUT2D eigenvalue weighted by Gasteiger charge is 2.38.